The molecule has 1 aromatic carbocycles. The predicted molar refractivity (Wildman–Crippen MR) is 104 cm³/mol. The number of aromatic nitrogens is 2. The van der Waals surface area contributed by atoms with Crippen LogP contribution in [0.5, 0.6) is 11.8 Å². The first-order chi connectivity index (χ1) is 12.5. The molecule has 0 unspecified atom stereocenters. The van der Waals surface area contributed by atoms with Crippen molar-refractivity contribution in [2.75, 3.05) is 25.5 Å². The van der Waals surface area contributed by atoms with Crippen LogP contribution in [0.3, 0.4) is 0 Å². The van der Waals surface area contributed by atoms with Crippen LogP contribution < -0.4 is 10.1 Å². The molecule has 0 radical (unpaired) electrons. The van der Waals surface area contributed by atoms with Gasteiger partial charge in [-0.05, 0) is 52.1 Å². The van der Waals surface area contributed by atoms with E-state index in [-0.39, 0.29) is 5.91 Å². The van der Waals surface area contributed by atoms with Gasteiger partial charge in [-0.1, -0.05) is 19.4 Å². The molecule has 0 saturated heterocycles. The van der Waals surface area contributed by atoms with Crippen LogP contribution in [0.1, 0.15) is 37.6 Å². The molecule has 140 valence electrons. The van der Waals surface area contributed by atoms with E-state index < -0.39 is 0 Å². The van der Waals surface area contributed by atoms with E-state index in [0.717, 1.165) is 37.3 Å². The number of nitrogens with zero attached hydrogens (tertiary/aromatic N) is 3. The number of hydrogen-bond acceptors (Lipinski definition) is 5. The van der Waals surface area contributed by atoms with Crippen LogP contribution in [0.15, 0.2) is 30.3 Å². The molecule has 0 spiro atoms. The van der Waals surface area contributed by atoms with Gasteiger partial charge in [-0.25, -0.2) is 9.97 Å². The van der Waals surface area contributed by atoms with Crippen LogP contribution in [-0.4, -0.2) is 40.9 Å². The highest BCUT2D eigenvalue weighted by Gasteiger charge is 2.07. The van der Waals surface area contributed by atoms with Crippen molar-refractivity contribution in [1.29, 1.82) is 0 Å². The van der Waals surface area contributed by atoms with E-state index in [0.29, 0.717) is 23.9 Å². The molecule has 0 saturated carbocycles. The fraction of sp³-hybridized carbons (Fsp3) is 0.450. The number of carbonyl (C=O) groups is 1. The van der Waals surface area contributed by atoms with Crippen LogP contribution in [0.2, 0.25) is 0 Å². The second kappa shape index (κ2) is 9.87. The van der Waals surface area contributed by atoms with Gasteiger partial charge < -0.3 is 15.0 Å². The predicted octanol–water partition coefficient (Wildman–Crippen LogP) is 3.95. The maximum atomic E-state index is 12.1. The smallest absolute Gasteiger partial charge is 0.322 e. The minimum Gasteiger partial charge on any atom is -0.424 e. The van der Waals surface area contributed by atoms with Crippen molar-refractivity contribution in [3.05, 3.63) is 41.7 Å². The molecule has 0 fully saturated rings. The van der Waals surface area contributed by atoms with E-state index in [1.54, 1.807) is 6.07 Å². The summed E-state index contributed by atoms with van der Waals surface area (Å²) in [6, 6.07) is 9.47. The first kappa shape index (κ1) is 19.8. The van der Waals surface area contributed by atoms with Gasteiger partial charge in [-0.15, -0.1) is 0 Å². The van der Waals surface area contributed by atoms with E-state index >= 15 is 0 Å². The molecule has 1 aromatic heterocycles. The molecule has 0 bridgehead atoms. The minimum atomic E-state index is -0.00634. The van der Waals surface area contributed by atoms with Crippen molar-refractivity contribution in [2.45, 2.75) is 40.0 Å². The third kappa shape index (κ3) is 6.80. The van der Waals surface area contributed by atoms with Gasteiger partial charge in [0, 0.05) is 36.1 Å². The highest BCUT2D eigenvalue weighted by atomic mass is 16.5. The van der Waals surface area contributed by atoms with Crippen molar-refractivity contribution in [3.63, 3.8) is 0 Å². The monoisotopic (exact) mass is 356 g/mol. The number of benzene rings is 1. The van der Waals surface area contributed by atoms with Gasteiger partial charge in [0.1, 0.15) is 5.75 Å². The number of carbonyl (C=O) groups excluding carboxylic acids is 1. The standard InChI is InChI=1S/C20H28N4O2/c1-5-6-11-24(4)12-10-19(25)23-17-8-7-9-18(14-17)26-20-21-15(2)13-16(3)22-20/h7-9,13-14H,5-6,10-12H2,1-4H3,(H,23,25). The molecule has 26 heavy (non-hydrogen) atoms. The summed E-state index contributed by atoms with van der Waals surface area (Å²) < 4.78 is 5.72. The van der Waals surface area contributed by atoms with Crippen molar-refractivity contribution < 1.29 is 9.53 Å². The summed E-state index contributed by atoms with van der Waals surface area (Å²) in [7, 11) is 2.04. The van der Waals surface area contributed by atoms with Crippen molar-refractivity contribution in [2.24, 2.45) is 0 Å². The molecule has 1 amide bonds. The molecule has 0 aliphatic rings. The SMILES string of the molecule is CCCCN(C)CCC(=O)Nc1cccc(Oc2nc(C)cc(C)n2)c1. The maximum absolute atomic E-state index is 12.1. The van der Waals surface area contributed by atoms with Crippen LogP contribution >= 0.6 is 0 Å². The van der Waals surface area contributed by atoms with Gasteiger partial charge in [0.2, 0.25) is 5.91 Å². The zero-order chi connectivity index (χ0) is 18.9. The maximum Gasteiger partial charge on any atom is 0.322 e. The zero-order valence-electron chi connectivity index (χ0n) is 16.1. The molecule has 0 aliphatic heterocycles. The van der Waals surface area contributed by atoms with Crippen molar-refractivity contribution in [1.82, 2.24) is 14.9 Å². The lowest BCUT2D eigenvalue weighted by Crippen LogP contribution is -2.25. The first-order valence-corrected chi connectivity index (χ1v) is 9.05. The summed E-state index contributed by atoms with van der Waals surface area (Å²) in [4.78, 5) is 22.9. The molecule has 2 aromatic rings. The van der Waals surface area contributed by atoms with E-state index in [9.17, 15) is 4.79 Å². The number of anilines is 1. The summed E-state index contributed by atoms with van der Waals surface area (Å²) in [5.41, 5.74) is 2.40. The Labute approximate surface area is 155 Å². The summed E-state index contributed by atoms with van der Waals surface area (Å²) in [6.45, 7) is 7.73. The third-order valence-corrected chi connectivity index (χ3v) is 3.90. The second-order valence-electron chi connectivity index (χ2n) is 6.52. The average Bonchev–Trinajstić information content (AvgIpc) is 2.57. The number of rotatable bonds is 9. The Morgan fingerprint density at radius 2 is 1.88 bits per heavy atom. The van der Waals surface area contributed by atoms with E-state index in [4.69, 9.17) is 4.74 Å². The largest absolute Gasteiger partial charge is 0.424 e. The van der Waals surface area contributed by atoms with Crippen LogP contribution in [0.25, 0.3) is 0 Å². The molecule has 6 nitrogen and oxygen atoms in total. The number of ether oxygens (including phenoxy) is 1. The fourth-order valence-electron chi connectivity index (χ4n) is 2.54. The number of hydrogen-bond donors (Lipinski definition) is 1. The van der Waals surface area contributed by atoms with E-state index in [2.05, 4.69) is 27.1 Å². The Morgan fingerprint density at radius 3 is 2.58 bits per heavy atom. The van der Waals surface area contributed by atoms with Gasteiger partial charge in [0.15, 0.2) is 0 Å². The summed E-state index contributed by atoms with van der Waals surface area (Å²) >= 11 is 0. The van der Waals surface area contributed by atoms with Gasteiger partial charge in [0.05, 0.1) is 0 Å². The molecular formula is C20H28N4O2. The molecule has 1 N–H and O–H groups in total. The number of amides is 1. The van der Waals surface area contributed by atoms with E-state index in [1.807, 2.05) is 45.2 Å². The molecular weight excluding hydrogens is 328 g/mol. The van der Waals surface area contributed by atoms with Crippen molar-refractivity contribution in [3.8, 4) is 11.8 Å². The zero-order valence-corrected chi connectivity index (χ0v) is 16.1. The number of nitrogens with one attached hydrogen (secondary N) is 1. The Kier molecular flexibility index (Phi) is 7.53. The highest BCUT2D eigenvalue weighted by molar-refractivity contribution is 5.91. The number of unbranched alkanes of at least 4 members (excludes halogenated alkanes) is 1. The third-order valence-electron chi connectivity index (χ3n) is 3.90. The molecule has 0 aliphatic carbocycles. The molecule has 0 atom stereocenters. The van der Waals surface area contributed by atoms with Gasteiger partial charge in [0.25, 0.3) is 0 Å². The normalized spacial score (nSPS) is 10.8. The molecule has 6 heteroatoms. The van der Waals surface area contributed by atoms with Crippen molar-refractivity contribution >= 4 is 11.6 Å². The highest BCUT2D eigenvalue weighted by Crippen LogP contribution is 2.22. The Hall–Kier alpha value is -2.47. The van der Waals surface area contributed by atoms with Crippen LogP contribution in [0.4, 0.5) is 5.69 Å². The van der Waals surface area contributed by atoms with Gasteiger partial charge in [-0.2, -0.15) is 0 Å². The average molecular weight is 356 g/mol. The summed E-state index contributed by atoms with van der Waals surface area (Å²) in [5, 5.41) is 2.92. The lowest BCUT2D eigenvalue weighted by Gasteiger charge is -2.15. The van der Waals surface area contributed by atoms with Gasteiger partial charge >= 0.3 is 6.01 Å². The van der Waals surface area contributed by atoms with Gasteiger partial charge in [-0.3, -0.25) is 4.79 Å². The minimum absolute atomic E-state index is 0.00634. The van der Waals surface area contributed by atoms with Crippen LogP contribution in [0, 0.1) is 13.8 Å². The molecule has 2 rings (SSSR count). The second-order valence-corrected chi connectivity index (χ2v) is 6.52. The fourth-order valence-corrected chi connectivity index (χ4v) is 2.54. The lowest BCUT2D eigenvalue weighted by molar-refractivity contribution is -0.116. The quantitative estimate of drug-likeness (QED) is 0.737. The summed E-state index contributed by atoms with van der Waals surface area (Å²) in [5.74, 6) is 0.584. The first-order valence-electron chi connectivity index (χ1n) is 9.05. The topological polar surface area (TPSA) is 67.4 Å². The Morgan fingerprint density at radius 1 is 1.15 bits per heavy atom. The van der Waals surface area contributed by atoms with E-state index in [1.165, 1.54) is 0 Å². The lowest BCUT2D eigenvalue weighted by atomic mass is 10.2. The molecule has 1 heterocycles. The number of aryl methyl sites for hydroxylation is 2. The Bertz CT molecular complexity index is 713. The summed E-state index contributed by atoms with van der Waals surface area (Å²) in [6.07, 6.45) is 2.77. The Balaban J connectivity index is 1.91. The van der Waals surface area contributed by atoms with Crippen LogP contribution in [-0.2, 0) is 4.79 Å².